The van der Waals surface area contributed by atoms with Gasteiger partial charge >= 0.3 is 6.18 Å². The van der Waals surface area contributed by atoms with Crippen LogP contribution in [0.2, 0.25) is 0 Å². The number of ether oxygens (including phenoxy) is 1. The second-order valence-corrected chi connectivity index (χ2v) is 7.90. The summed E-state index contributed by atoms with van der Waals surface area (Å²) in [5.74, 6) is -0.209. The van der Waals surface area contributed by atoms with Gasteiger partial charge in [0.15, 0.2) is 0 Å². The van der Waals surface area contributed by atoms with Crippen LogP contribution in [0.4, 0.5) is 18.9 Å². The minimum atomic E-state index is -4.67. The number of halogens is 3. The number of anilines is 1. The molecule has 0 saturated carbocycles. The van der Waals surface area contributed by atoms with E-state index < -0.39 is 39.1 Å². The highest BCUT2D eigenvalue weighted by Crippen LogP contribution is 2.31. The molecule has 28 heavy (non-hydrogen) atoms. The highest BCUT2D eigenvalue weighted by atomic mass is 32.2. The summed E-state index contributed by atoms with van der Waals surface area (Å²) in [5.41, 5.74) is -0.574. The third-order valence-electron chi connectivity index (χ3n) is 4.22. The predicted octanol–water partition coefficient (Wildman–Crippen LogP) is 2.15. The SMILES string of the molecule is COc1cc(N2CCN(S(=O)(=O)c3cccc(C(F)(F)F)c3)CC2=O)ccn1. The Morgan fingerprint density at radius 3 is 2.54 bits per heavy atom. The number of rotatable bonds is 4. The normalized spacial score (nSPS) is 16.3. The van der Waals surface area contributed by atoms with Gasteiger partial charge in [0.2, 0.25) is 21.8 Å². The molecule has 0 aliphatic carbocycles. The molecule has 0 unspecified atom stereocenters. The van der Waals surface area contributed by atoms with E-state index in [1.807, 2.05) is 0 Å². The van der Waals surface area contributed by atoms with Crippen LogP contribution in [0.1, 0.15) is 5.56 Å². The van der Waals surface area contributed by atoms with Gasteiger partial charge in [-0.2, -0.15) is 17.5 Å². The highest BCUT2D eigenvalue weighted by molar-refractivity contribution is 7.89. The lowest BCUT2D eigenvalue weighted by Gasteiger charge is -2.33. The topological polar surface area (TPSA) is 79.8 Å². The molecule has 1 aromatic carbocycles. The molecule has 1 aliphatic rings. The van der Waals surface area contributed by atoms with E-state index in [0.717, 1.165) is 22.5 Å². The summed E-state index contributed by atoms with van der Waals surface area (Å²) < 4.78 is 69.9. The molecule has 1 amide bonds. The van der Waals surface area contributed by atoms with Crippen LogP contribution in [0.5, 0.6) is 5.88 Å². The van der Waals surface area contributed by atoms with Crippen molar-refractivity contribution in [1.82, 2.24) is 9.29 Å². The van der Waals surface area contributed by atoms with Crippen molar-refractivity contribution in [2.45, 2.75) is 11.1 Å². The van der Waals surface area contributed by atoms with Crippen LogP contribution in [0, 0.1) is 0 Å². The Hall–Kier alpha value is -2.66. The number of methoxy groups -OCH3 is 1. The van der Waals surface area contributed by atoms with Crippen molar-refractivity contribution in [3.05, 3.63) is 48.2 Å². The molecule has 0 N–H and O–H groups in total. The van der Waals surface area contributed by atoms with Crippen LogP contribution in [0.3, 0.4) is 0 Å². The first-order valence-corrected chi connectivity index (χ1v) is 9.55. The van der Waals surface area contributed by atoms with Gasteiger partial charge in [-0.3, -0.25) is 4.79 Å². The van der Waals surface area contributed by atoms with Gasteiger partial charge in [0, 0.05) is 25.4 Å². The van der Waals surface area contributed by atoms with Crippen LogP contribution >= 0.6 is 0 Å². The Labute approximate surface area is 159 Å². The van der Waals surface area contributed by atoms with E-state index in [4.69, 9.17) is 4.74 Å². The lowest BCUT2D eigenvalue weighted by molar-refractivity contribution is -0.137. The molecular formula is C17H16F3N3O4S. The minimum Gasteiger partial charge on any atom is -0.481 e. The fraction of sp³-hybridized carbons (Fsp3) is 0.294. The maximum absolute atomic E-state index is 12.9. The molecule has 11 heteroatoms. The molecule has 7 nitrogen and oxygen atoms in total. The van der Waals surface area contributed by atoms with Crippen molar-refractivity contribution in [2.75, 3.05) is 31.6 Å². The molecule has 0 atom stereocenters. The number of sulfonamides is 1. The van der Waals surface area contributed by atoms with Gasteiger partial charge in [-0.15, -0.1) is 0 Å². The number of amides is 1. The first kappa shape index (κ1) is 20.1. The van der Waals surface area contributed by atoms with Gasteiger partial charge < -0.3 is 9.64 Å². The van der Waals surface area contributed by atoms with E-state index in [1.165, 1.54) is 24.3 Å². The van der Waals surface area contributed by atoms with Crippen molar-refractivity contribution in [1.29, 1.82) is 0 Å². The summed E-state index contributed by atoms with van der Waals surface area (Å²) in [7, 11) is -2.82. The van der Waals surface area contributed by atoms with Crippen molar-refractivity contribution in [2.24, 2.45) is 0 Å². The van der Waals surface area contributed by atoms with Gasteiger partial charge in [-0.05, 0) is 24.3 Å². The van der Waals surface area contributed by atoms with Crippen LogP contribution < -0.4 is 9.64 Å². The molecule has 1 fully saturated rings. The molecule has 2 heterocycles. The second kappa shape index (κ2) is 7.40. The van der Waals surface area contributed by atoms with E-state index in [1.54, 1.807) is 6.07 Å². The monoisotopic (exact) mass is 415 g/mol. The zero-order chi connectivity index (χ0) is 20.5. The van der Waals surface area contributed by atoms with Gasteiger partial charge in [0.1, 0.15) is 0 Å². The zero-order valence-electron chi connectivity index (χ0n) is 14.7. The fourth-order valence-electron chi connectivity index (χ4n) is 2.79. The second-order valence-electron chi connectivity index (χ2n) is 5.97. The molecule has 3 rings (SSSR count). The average Bonchev–Trinajstić information content (AvgIpc) is 2.67. The van der Waals surface area contributed by atoms with Gasteiger partial charge in [0.05, 0.1) is 29.8 Å². The lowest BCUT2D eigenvalue weighted by Crippen LogP contribution is -2.52. The Bertz CT molecular complexity index is 995. The standard InChI is InChI=1S/C17H16F3N3O4S/c1-27-15-10-13(5-6-21-15)23-8-7-22(11-16(23)24)28(25,26)14-4-2-3-12(9-14)17(18,19)20/h2-6,9-10H,7-8,11H2,1H3. The van der Waals surface area contributed by atoms with Crippen LogP contribution in [0.15, 0.2) is 47.5 Å². The number of carbonyl (C=O) groups is 1. The summed E-state index contributed by atoms with van der Waals surface area (Å²) in [5, 5.41) is 0. The van der Waals surface area contributed by atoms with E-state index in [0.29, 0.717) is 17.6 Å². The molecule has 0 bridgehead atoms. The highest BCUT2D eigenvalue weighted by Gasteiger charge is 2.36. The van der Waals surface area contributed by atoms with Gasteiger partial charge in [0.25, 0.3) is 0 Å². The van der Waals surface area contributed by atoms with E-state index in [-0.39, 0.29) is 13.1 Å². The first-order valence-electron chi connectivity index (χ1n) is 8.11. The number of aromatic nitrogens is 1. The van der Waals surface area contributed by atoms with Crippen LogP contribution in [-0.2, 0) is 21.0 Å². The van der Waals surface area contributed by atoms with Crippen molar-refractivity contribution < 1.29 is 31.1 Å². The Kier molecular flexibility index (Phi) is 5.31. The minimum absolute atomic E-state index is 0.0458. The molecule has 0 radical (unpaired) electrons. The maximum Gasteiger partial charge on any atom is 0.416 e. The molecule has 1 saturated heterocycles. The van der Waals surface area contributed by atoms with Crippen molar-refractivity contribution in [3.8, 4) is 5.88 Å². The number of nitrogens with zero attached hydrogens (tertiary/aromatic N) is 3. The quantitative estimate of drug-likeness (QED) is 0.765. The summed E-state index contributed by atoms with van der Waals surface area (Å²) in [4.78, 5) is 17.3. The van der Waals surface area contributed by atoms with E-state index in [9.17, 15) is 26.4 Å². The molecule has 1 aromatic heterocycles. The number of hydrogen-bond acceptors (Lipinski definition) is 5. The number of hydrogen-bond donors (Lipinski definition) is 0. The van der Waals surface area contributed by atoms with Gasteiger partial charge in [-0.1, -0.05) is 6.07 Å². The number of alkyl halides is 3. The number of pyridine rings is 1. The molecule has 1 aliphatic heterocycles. The van der Waals surface area contributed by atoms with Gasteiger partial charge in [-0.25, -0.2) is 13.4 Å². The summed E-state index contributed by atoms with van der Waals surface area (Å²) in [6, 6.07) is 6.58. The van der Waals surface area contributed by atoms with Crippen molar-refractivity contribution in [3.63, 3.8) is 0 Å². The number of benzene rings is 1. The van der Waals surface area contributed by atoms with Crippen LogP contribution in [-0.4, -0.2) is 50.4 Å². The van der Waals surface area contributed by atoms with E-state index in [2.05, 4.69) is 4.98 Å². The third kappa shape index (κ3) is 3.94. The molecular weight excluding hydrogens is 399 g/mol. The largest absolute Gasteiger partial charge is 0.481 e. The number of piperazine rings is 1. The first-order chi connectivity index (χ1) is 13.1. The van der Waals surface area contributed by atoms with Crippen LogP contribution in [0.25, 0.3) is 0 Å². The zero-order valence-corrected chi connectivity index (χ0v) is 15.5. The van der Waals surface area contributed by atoms with E-state index >= 15 is 0 Å². The lowest BCUT2D eigenvalue weighted by atomic mass is 10.2. The maximum atomic E-state index is 12.9. The van der Waals surface area contributed by atoms with Crippen molar-refractivity contribution >= 4 is 21.6 Å². The Morgan fingerprint density at radius 2 is 1.89 bits per heavy atom. The average molecular weight is 415 g/mol. The number of carbonyl (C=O) groups excluding carboxylic acids is 1. The smallest absolute Gasteiger partial charge is 0.416 e. The molecule has 2 aromatic rings. The molecule has 0 spiro atoms. The summed E-state index contributed by atoms with van der Waals surface area (Å²) in [6.45, 7) is -0.498. The fourth-order valence-corrected chi connectivity index (χ4v) is 4.22. The third-order valence-corrected chi connectivity index (χ3v) is 6.07. The summed E-state index contributed by atoms with van der Waals surface area (Å²) >= 11 is 0. The Morgan fingerprint density at radius 1 is 1.14 bits per heavy atom. The Balaban J connectivity index is 1.82. The summed E-state index contributed by atoms with van der Waals surface area (Å²) in [6.07, 6.45) is -3.21. The molecule has 150 valence electrons. The predicted molar refractivity (Wildman–Crippen MR) is 93.3 cm³/mol.